The lowest BCUT2D eigenvalue weighted by Crippen LogP contribution is -2.22. The van der Waals surface area contributed by atoms with Crippen LogP contribution in [0.1, 0.15) is 35.2 Å². The fourth-order valence-corrected chi connectivity index (χ4v) is 6.84. The van der Waals surface area contributed by atoms with Crippen molar-refractivity contribution in [3.8, 4) is 0 Å². The number of hydrogen-bond donors (Lipinski definition) is 1. The van der Waals surface area contributed by atoms with E-state index in [0.29, 0.717) is 36.7 Å². The molecule has 4 rings (SSSR count). The number of carbonyl (C=O) groups is 1. The van der Waals surface area contributed by atoms with Crippen molar-refractivity contribution in [2.75, 3.05) is 17.7 Å². The highest BCUT2D eigenvalue weighted by Crippen LogP contribution is 2.37. The van der Waals surface area contributed by atoms with Crippen molar-refractivity contribution in [2.45, 2.75) is 56.6 Å². The highest BCUT2D eigenvalue weighted by molar-refractivity contribution is 7.91. The Labute approximate surface area is 206 Å². The molecule has 0 aliphatic carbocycles. The summed E-state index contributed by atoms with van der Waals surface area (Å²) in [5, 5.41) is 3.88. The maximum atomic E-state index is 13.1. The van der Waals surface area contributed by atoms with Crippen LogP contribution in [0, 0.1) is 0 Å². The number of nitrogens with one attached hydrogen (secondary N) is 1. The van der Waals surface area contributed by atoms with Gasteiger partial charge in [-0.2, -0.15) is 0 Å². The Morgan fingerprint density at radius 1 is 1.29 bits per heavy atom. The molecule has 0 radical (unpaired) electrons. The summed E-state index contributed by atoms with van der Waals surface area (Å²) in [6.45, 7) is 9.97. The molecular formula is C24H30ClN3O4SSi. The largest absolute Gasteiger partial charge is 0.361 e. The number of amides is 1. The van der Waals surface area contributed by atoms with Gasteiger partial charge in [0.2, 0.25) is 0 Å². The van der Waals surface area contributed by atoms with Gasteiger partial charge in [0.15, 0.2) is 9.84 Å². The van der Waals surface area contributed by atoms with E-state index in [2.05, 4.69) is 29.9 Å². The third-order valence-corrected chi connectivity index (χ3v) is 9.98. The number of aromatic nitrogens is 2. The normalized spacial score (nSPS) is 17.5. The second-order valence-electron chi connectivity index (χ2n) is 10.1. The van der Waals surface area contributed by atoms with Gasteiger partial charge in [0, 0.05) is 32.5 Å². The van der Waals surface area contributed by atoms with E-state index in [4.69, 9.17) is 16.3 Å². The van der Waals surface area contributed by atoms with Crippen LogP contribution in [0.5, 0.6) is 0 Å². The maximum absolute atomic E-state index is 13.1. The minimum atomic E-state index is -3.44. The maximum Gasteiger partial charge on any atom is 0.257 e. The van der Waals surface area contributed by atoms with Gasteiger partial charge < -0.3 is 14.6 Å². The summed E-state index contributed by atoms with van der Waals surface area (Å²) in [7, 11) is -4.60. The number of anilines is 1. The average Bonchev–Trinajstić information content (AvgIpc) is 3.17. The van der Waals surface area contributed by atoms with Crippen LogP contribution < -0.4 is 5.32 Å². The summed E-state index contributed by atoms with van der Waals surface area (Å²) < 4.78 is 33.0. The molecule has 0 fully saturated rings. The first-order valence-electron chi connectivity index (χ1n) is 11.4. The molecule has 1 aliphatic rings. The molecule has 1 atom stereocenters. The number of halogens is 1. The second kappa shape index (κ2) is 9.45. The highest BCUT2D eigenvalue weighted by atomic mass is 35.5. The van der Waals surface area contributed by atoms with Crippen LogP contribution in [0.15, 0.2) is 41.6 Å². The van der Waals surface area contributed by atoms with Gasteiger partial charge in [-0.1, -0.05) is 38.2 Å². The van der Waals surface area contributed by atoms with Crippen LogP contribution in [-0.2, 0) is 21.3 Å². The average molecular weight is 520 g/mol. The summed E-state index contributed by atoms with van der Waals surface area (Å²) in [4.78, 5) is 17.8. The predicted molar refractivity (Wildman–Crippen MR) is 138 cm³/mol. The number of sulfone groups is 1. The smallest absolute Gasteiger partial charge is 0.257 e. The number of pyridine rings is 1. The molecule has 10 heteroatoms. The standard InChI is InChI=1S/C24H30ClN3O4SSi/c1-16-7-11-33(30,31)22-14-19(20(25)13-18(16)22)24(29)27-21-5-8-26-23-17(21)6-9-28(23)15-32-10-12-34(2,3)4/h5-6,8-9,13-14,16H,7,10-12,15H2,1-4H3,(H,26,27,29). The molecular weight excluding hydrogens is 490 g/mol. The van der Waals surface area contributed by atoms with E-state index in [9.17, 15) is 13.2 Å². The minimum Gasteiger partial charge on any atom is -0.361 e. The Kier molecular flexibility index (Phi) is 6.92. The number of fused-ring (bicyclic) bond motifs is 2. The number of benzene rings is 1. The first kappa shape index (κ1) is 24.9. The molecule has 3 heterocycles. The number of nitrogens with zero attached hydrogens (tertiary/aromatic N) is 2. The van der Waals surface area contributed by atoms with E-state index in [0.717, 1.165) is 11.4 Å². The first-order chi connectivity index (χ1) is 16.0. The molecule has 0 spiro atoms. The van der Waals surface area contributed by atoms with Crippen molar-refractivity contribution < 1.29 is 17.9 Å². The molecule has 7 nitrogen and oxygen atoms in total. The van der Waals surface area contributed by atoms with Gasteiger partial charge in [0.25, 0.3) is 5.91 Å². The van der Waals surface area contributed by atoms with Gasteiger partial charge in [-0.3, -0.25) is 4.79 Å². The van der Waals surface area contributed by atoms with Crippen LogP contribution in [0.4, 0.5) is 5.69 Å². The molecule has 182 valence electrons. The van der Waals surface area contributed by atoms with Crippen molar-refractivity contribution in [1.82, 2.24) is 9.55 Å². The third kappa shape index (κ3) is 5.22. The van der Waals surface area contributed by atoms with Gasteiger partial charge in [0.05, 0.1) is 26.9 Å². The molecule has 34 heavy (non-hydrogen) atoms. The third-order valence-electron chi connectivity index (χ3n) is 6.17. The second-order valence-corrected chi connectivity index (χ2v) is 18.2. The van der Waals surface area contributed by atoms with Gasteiger partial charge in [-0.25, -0.2) is 13.4 Å². The number of hydrogen-bond acceptors (Lipinski definition) is 5. The minimum absolute atomic E-state index is 0.0701. The fourth-order valence-electron chi connectivity index (χ4n) is 4.03. The first-order valence-corrected chi connectivity index (χ1v) is 17.1. The van der Waals surface area contributed by atoms with E-state index in [-0.39, 0.29) is 27.2 Å². The van der Waals surface area contributed by atoms with Crippen molar-refractivity contribution in [1.29, 1.82) is 0 Å². The van der Waals surface area contributed by atoms with E-state index in [1.807, 2.05) is 23.8 Å². The molecule has 2 aromatic heterocycles. The molecule has 1 unspecified atom stereocenters. The van der Waals surface area contributed by atoms with Crippen LogP contribution in [0.2, 0.25) is 30.7 Å². The molecule has 1 aliphatic heterocycles. The Morgan fingerprint density at radius 3 is 2.79 bits per heavy atom. The molecule has 0 saturated heterocycles. The van der Waals surface area contributed by atoms with Crippen molar-refractivity contribution in [2.24, 2.45) is 0 Å². The van der Waals surface area contributed by atoms with Gasteiger partial charge >= 0.3 is 0 Å². The number of ether oxygens (including phenoxy) is 1. The summed E-state index contributed by atoms with van der Waals surface area (Å²) in [6, 6.07) is 7.69. The molecule has 0 saturated carbocycles. The Morgan fingerprint density at radius 2 is 2.06 bits per heavy atom. The van der Waals surface area contributed by atoms with E-state index in [1.165, 1.54) is 6.07 Å². The lowest BCUT2D eigenvalue weighted by atomic mass is 9.96. The van der Waals surface area contributed by atoms with Crippen molar-refractivity contribution in [3.63, 3.8) is 0 Å². The monoisotopic (exact) mass is 519 g/mol. The van der Waals surface area contributed by atoms with Gasteiger partial charge in [-0.05, 0) is 48.2 Å². The Bertz CT molecular complexity index is 1350. The van der Waals surface area contributed by atoms with Gasteiger partial charge in [0.1, 0.15) is 12.4 Å². The Balaban J connectivity index is 1.57. The van der Waals surface area contributed by atoms with Crippen LogP contribution in [0.25, 0.3) is 11.0 Å². The van der Waals surface area contributed by atoms with Crippen LogP contribution >= 0.6 is 11.6 Å². The summed E-state index contributed by atoms with van der Waals surface area (Å²) in [5.74, 6) is -0.323. The Hall–Kier alpha value is -2.20. The van der Waals surface area contributed by atoms with E-state index < -0.39 is 23.8 Å². The number of carbonyl (C=O) groups excluding carboxylic acids is 1. The lowest BCUT2D eigenvalue weighted by Gasteiger charge is -2.23. The molecule has 1 N–H and O–H groups in total. The molecule has 3 aromatic rings. The summed E-state index contributed by atoms with van der Waals surface area (Å²) in [6.07, 6.45) is 4.05. The van der Waals surface area contributed by atoms with Gasteiger partial charge in [-0.15, -0.1) is 0 Å². The predicted octanol–water partition coefficient (Wildman–Crippen LogP) is 5.54. The number of rotatable bonds is 7. The molecule has 1 amide bonds. The SMILES string of the molecule is CC1CCS(=O)(=O)c2cc(C(=O)Nc3ccnc4c3ccn4COCC[Si](C)(C)C)c(Cl)cc21. The zero-order chi connectivity index (χ0) is 24.7. The van der Waals surface area contributed by atoms with Crippen LogP contribution in [0.3, 0.4) is 0 Å². The summed E-state index contributed by atoms with van der Waals surface area (Å²) >= 11 is 6.42. The molecule has 0 bridgehead atoms. The zero-order valence-corrected chi connectivity index (χ0v) is 22.5. The topological polar surface area (TPSA) is 90.3 Å². The van der Waals surface area contributed by atoms with Crippen LogP contribution in [-0.4, -0.2) is 44.3 Å². The van der Waals surface area contributed by atoms with Crippen molar-refractivity contribution >= 4 is 52.1 Å². The lowest BCUT2D eigenvalue weighted by molar-refractivity contribution is 0.0899. The molecule has 1 aromatic carbocycles. The van der Waals surface area contributed by atoms with E-state index in [1.54, 1.807) is 18.3 Å². The summed E-state index contributed by atoms with van der Waals surface area (Å²) in [5.41, 5.74) is 2.07. The quantitative estimate of drug-likeness (QED) is 0.327. The fraction of sp³-hybridized carbons (Fsp3) is 0.417. The van der Waals surface area contributed by atoms with Crippen molar-refractivity contribution in [3.05, 3.63) is 52.8 Å². The highest BCUT2D eigenvalue weighted by Gasteiger charge is 2.30. The zero-order valence-electron chi connectivity index (χ0n) is 19.9. The van der Waals surface area contributed by atoms with E-state index >= 15 is 0 Å².